The lowest BCUT2D eigenvalue weighted by molar-refractivity contribution is -0.0962. The molecule has 7 heteroatoms. The van der Waals surface area contributed by atoms with E-state index in [-0.39, 0.29) is 11.9 Å². The van der Waals surface area contributed by atoms with Gasteiger partial charge in [0.05, 0.1) is 38.7 Å². The van der Waals surface area contributed by atoms with E-state index >= 15 is 0 Å². The average molecular weight is 411 g/mol. The van der Waals surface area contributed by atoms with Crippen LogP contribution in [0.2, 0.25) is 0 Å². The van der Waals surface area contributed by atoms with E-state index in [2.05, 4.69) is 4.90 Å². The standard InChI is InChI=1S/C23H26FN3O3/c1-26(15-20-16-29-10-11-30-20)13-17-14-27(18-6-4-3-5-7-18)25-23(17)21-9-8-19(28-2)12-22(21)24/h3-9,12,14,20H,10-11,13,15-16H2,1-2H3. The number of rotatable bonds is 7. The van der Waals surface area contributed by atoms with Crippen molar-refractivity contribution in [2.45, 2.75) is 12.6 Å². The number of aromatic nitrogens is 2. The third kappa shape index (κ3) is 4.70. The van der Waals surface area contributed by atoms with E-state index in [1.54, 1.807) is 16.8 Å². The normalized spacial score (nSPS) is 16.7. The summed E-state index contributed by atoms with van der Waals surface area (Å²) in [4.78, 5) is 2.15. The Balaban J connectivity index is 1.64. The van der Waals surface area contributed by atoms with Crippen molar-refractivity contribution in [2.75, 3.05) is 40.5 Å². The molecule has 6 nitrogen and oxygen atoms in total. The van der Waals surface area contributed by atoms with Crippen molar-refractivity contribution < 1.29 is 18.6 Å². The maximum absolute atomic E-state index is 14.8. The molecule has 0 bridgehead atoms. The molecule has 158 valence electrons. The van der Waals surface area contributed by atoms with Crippen molar-refractivity contribution in [3.63, 3.8) is 0 Å². The number of hydrogen-bond acceptors (Lipinski definition) is 5. The molecule has 0 saturated carbocycles. The third-order valence-corrected chi connectivity index (χ3v) is 5.08. The molecule has 2 aromatic carbocycles. The molecule has 3 aromatic rings. The summed E-state index contributed by atoms with van der Waals surface area (Å²) in [5.74, 6) is 0.118. The number of nitrogens with zero attached hydrogens (tertiary/aromatic N) is 3. The van der Waals surface area contributed by atoms with Crippen molar-refractivity contribution in [1.82, 2.24) is 14.7 Å². The quantitative estimate of drug-likeness (QED) is 0.595. The van der Waals surface area contributed by atoms with Crippen molar-refractivity contribution in [3.05, 3.63) is 66.1 Å². The largest absolute Gasteiger partial charge is 0.497 e. The van der Waals surface area contributed by atoms with E-state index < -0.39 is 0 Å². The molecule has 1 saturated heterocycles. The van der Waals surface area contributed by atoms with Crippen LogP contribution in [-0.4, -0.2) is 61.3 Å². The topological polar surface area (TPSA) is 48.8 Å². The Hall–Kier alpha value is -2.74. The summed E-state index contributed by atoms with van der Waals surface area (Å²) in [6.07, 6.45) is 2.00. The Morgan fingerprint density at radius 1 is 1.20 bits per heavy atom. The van der Waals surface area contributed by atoms with Gasteiger partial charge in [-0.15, -0.1) is 0 Å². The maximum atomic E-state index is 14.8. The molecular formula is C23H26FN3O3. The van der Waals surface area contributed by atoms with Crippen molar-refractivity contribution in [2.24, 2.45) is 0 Å². The van der Waals surface area contributed by atoms with Crippen LogP contribution in [0.15, 0.2) is 54.7 Å². The molecule has 0 aliphatic carbocycles. The van der Waals surface area contributed by atoms with Crippen LogP contribution in [0, 0.1) is 5.82 Å². The van der Waals surface area contributed by atoms with Crippen LogP contribution in [-0.2, 0) is 16.0 Å². The number of benzene rings is 2. The van der Waals surface area contributed by atoms with Gasteiger partial charge in [-0.2, -0.15) is 5.10 Å². The van der Waals surface area contributed by atoms with Gasteiger partial charge in [0.2, 0.25) is 0 Å². The molecule has 30 heavy (non-hydrogen) atoms. The molecule has 1 aromatic heterocycles. The number of likely N-dealkylation sites (N-methyl/N-ethyl adjacent to an activating group) is 1. The third-order valence-electron chi connectivity index (χ3n) is 5.08. The van der Waals surface area contributed by atoms with Crippen LogP contribution in [0.3, 0.4) is 0 Å². The SMILES string of the molecule is COc1ccc(-c2nn(-c3ccccc3)cc2CN(C)CC2COCCO2)c(F)c1. The maximum Gasteiger partial charge on any atom is 0.136 e. The Morgan fingerprint density at radius 2 is 2.03 bits per heavy atom. The van der Waals surface area contributed by atoms with E-state index in [9.17, 15) is 4.39 Å². The predicted octanol–water partition coefficient (Wildman–Crippen LogP) is 3.53. The Morgan fingerprint density at radius 3 is 2.73 bits per heavy atom. The van der Waals surface area contributed by atoms with E-state index in [1.807, 2.05) is 43.6 Å². The van der Waals surface area contributed by atoms with Crippen LogP contribution >= 0.6 is 0 Å². The fraction of sp³-hybridized carbons (Fsp3) is 0.348. The van der Waals surface area contributed by atoms with Crippen molar-refractivity contribution >= 4 is 0 Å². The van der Waals surface area contributed by atoms with Crippen molar-refractivity contribution in [1.29, 1.82) is 0 Å². The average Bonchev–Trinajstić information content (AvgIpc) is 3.18. The summed E-state index contributed by atoms with van der Waals surface area (Å²) in [5.41, 5.74) is 2.92. The molecule has 1 atom stereocenters. The first kappa shape index (κ1) is 20.5. The fourth-order valence-electron chi connectivity index (χ4n) is 3.62. The first-order valence-corrected chi connectivity index (χ1v) is 10.00. The zero-order chi connectivity index (χ0) is 20.9. The van der Waals surface area contributed by atoms with Gasteiger partial charge in [0, 0.05) is 36.5 Å². The second-order valence-electron chi connectivity index (χ2n) is 7.39. The number of hydrogen-bond donors (Lipinski definition) is 0. The van der Waals surface area contributed by atoms with E-state index in [1.165, 1.54) is 13.2 Å². The molecule has 1 fully saturated rings. The first-order chi connectivity index (χ1) is 14.6. The predicted molar refractivity (Wildman–Crippen MR) is 112 cm³/mol. The monoisotopic (exact) mass is 411 g/mol. The molecule has 0 radical (unpaired) electrons. The second-order valence-corrected chi connectivity index (χ2v) is 7.39. The van der Waals surface area contributed by atoms with E-state index in [0.717, 1.165) is 17.8 Å². The summed E-state index contributed by atoms with van der Waals surface area (Å²) < 4.78 is 33.0. The van der Waals surface area contributed by atoms with Crippen LogP contribution in [0.5, 0.6) is 5.75 Å². The van der Waals surface area contributed by atoms with Gasteiger partial charge < -0.3 is 14.2 Å². The second kappa shape index (κ2) is 9.38. The van der Waals surface area contributed by atoms with Gasteiger partial charge >= 0.3 is 0 Å². The summed E-state index contributed by atoms with van der Waals surface area (Å²) in [6.45, 7) is 3.18. The smallest absolute Gasteiger partial charge is 0.136 e. The summed E-state index contributed by atoms with van der Waals surface area (Å²) >= 11 is 0. The van der Waals surface area contributed by atoms with Gasteiger partial charge in [-0.05, 0) is 31.3 Å². The Bertz CT molecular complexity index is 971. The van der Waals surface area contributed by atoms with Gasteiger partial charge in [0.15, 0.2) is 0 Å². The van der Waals surface area contributed by atoms with Gasteiger partial charge in [-0.3, -0.25) is 4.90 Å². The minimum absolute atomic E-state index is 0.0362. The van der Waals surface area contributed by atoms with Crippen LogP contribution in [0.25, 0.3) is 16.9 Å². The minimum Gasteiger partial charge on any atom is -0.497 e. The number of halogens is 1. The highest BCUT2D eigenvalue weighted by molar-refractivity contribution is 5.65. The first-order valence-electron chi connectivity index (χ1n) is 10.00. The molecule has 0 amide bonds. The van der Waals surface area contributed by atoms with Crippen LogP contribution in [0.4, 0.5) is 4.39 Å². The zero-order valence-corrected chi connectivity index (χ0v) is 17.3. The Kier molecular flexibility index (Phi) is 6.42. The fourth-order valence-corrected chi connectivity index (χ4v) is 3.62. The zero-order valence-electron chi connectivity index (χ0n) is 17.3. The van der Waals surface area contributed by atoms with E-state index in [0.29, 0.717) is 43.4 Å². The molecule has 0 spiro atoms. The van der Waals surface area contributed by atoms with Gasteiger partial charge in [-0.25, -0.2) is 9.07 Å². The summed E-state index contributed by atoms with van der Waals surface area (Å²) in [6, 6.07) is 14.7. The number of ether oxygens (including phenoxy) is 3. The molecule has 1 aliphatic rings. The molecule has 1 aliphatic heterocycles. The van der Waals surface area contributed by atoms with Gasteiger partial charge in [0.25, 0.3) is 0 Å². The highest BCUT2D eigenvalue weighted by atomic mass is 19.1. The number of para-hydroxylation sites is 1. The molecule has 2 heterocycles. The molecular weight excluding hydrogens is 385 g/mol. The highest BCUT2D eigenvalue weighted by Gasteiger charge is 2.20. The lowest BCUT2D eigenvalue weighted by Gasteiger charge is -2.27. The lowest BCUT2D eigenvalue weighted by Crippen LogP contribution is -2.38. The summed E-state index contributed by atoms with van der Waals surface area (Å²) in [7, 11) is 3.54. The Labute approximate surface area is 175 Å². The highest BCUT2D eigenvalue weighted by Crippen LogP contribution is 2.29. The van der Waals surface area contributed by atoms with Crippen LogP contribution in [0.1, 0.15) is 5.56 Å². The van der Waals surface area contributed by atoms with Crippen LogP contribution < -0.4 is 4.74 Å². The summed E-state index contributed by atoms with van der Waals surface area (Å²) in [5, 5.41) is 4.72. The van der Waals surface area contributed by atoms with Gasteiger partial charge in [-0.1, -0.05) is 18.2 Å². The molecule has 4 rings (SSSR count). The van der Waals surface area contributed by atoms with Gasteiger partial charge in [0.1, 0.15) is 17.3 Å². The molecule has 0 N–H and O–H groups in total. The van der Waals surface area contributed by atoms with Crippen molar-refractivity contribution in [3.8, 4) is 22.7 Å². The lowest BCUT2D eigenvalue weighted by atomic mass is 10.1. The number of methoxy groups -OCH3 is 1. The minimum atomic E-state index is -0.361. The van der Waals surface area contributed by atoms with E-state index in [4.69, 9.17) is 19.3 Å². The molecule has 1 unspecified atom stereocenters.